The SMILES string of the molecule is Cc1ccc(S(N)(=O)=O)cc1C(=O)N(C)Cc1ccc(C(F)(F)F)cc1. The summed E-state index contributed by atoms with van der Waals surface area (Å²) in [5.74, 6) is -0.465. The van der Waals surface area contributed by atoms with E-state index in [2.05, 4.69) is 0 Å². The largest absolute Gasteiger partial charge is 0.416 e. The van der Waals surface area contributed by atoms with Gasteiger partial charge in [0.25, 0.3) is 5.91 Å². The third-order valence-electron chi connectivity index (χ3n) is 3.82. The Morgan fingerprint density at radius 3 is 2.19 bits per heavy atom. The zero-order valence-electron chi connectivity index (χ0n) is 14.0. The van der Waals surface area contributed by atoms with E-state index < -0.39 is 27.7 Å². The van der Waals surface area contributed by atoms with Crippen molar-refractivity contribution in [3.63, 3.8) is 0 Å². The molecule has 0 unspecified atom stereocenters. The summed E-state index contributed by atoms with van der Waals surface area (Å²) in [5, 5.41) is 5.08. The van der Waals surface area contributed by atoms with Gasteiger partial charge in [-0.05, 0) is 42.3 Å². The highest BCUT2D eigenvalue weighted by Gasteiger charge is 2.30. The van der Waals surface area contributed by atoms with Gasteiger partial charge in [-0.1, -0.05) is 18.2 Å². The van der Waals surface area contributed by atoms with Crippen molar-refractivity contribution in [3.8, 4) is 0 Å². The molecule has 2 aromatic rings. The van der Waals surface area contributed by atoms with Crippen LogP contribution in [0.4, 0.5) is 13.2 Å². The van der Waals surface area contributed by atoms with Gasteiger partial charge in [0.05, 0.1) is 10.5 Å². The minimum atomic E-state index is -4.43. The molecule has 0 saturated heterocycles. The van der Waals surface area contributed by atoms with Crippen LogP contribution >= 0.6 is 0 Å². The number of alkyl halides is 3. The smallest absolute Gasteiger partial charge is 0.337 e. The van der Waals surface area contributed by atoms with E-state index in [9.17, 15) is 26.4 Å². The van der Waals surface area contributed by atoms with Crippen molar-refractivity contribution in [3.05, 3.63) is 64.7 Å². The van der Waals surface area contributed by atoms with Gasteiger partial charge in [0.1, 0.15) is 0 Å². The van der Waals surface area contributed by atoms with Gasteiger partial charge in [0, 0.05) is 19.2 Å². The van der Waals surface area contributed by atoms with E-state index in [0.29, 0.717) is 11.1 Å². The van der Waals surface area contributed by atoms with E-state index in [1.807, 2.05) is 0 Å². The van der Waals surface area contributed by atoms with Crippen molar-refractivity contribution >= 4 is 15.9 Å². The average Bonchev–Trinajstić information content (AvgIpc) is 2.53. The van der Waals surface area contributed by atoms with Crippen LogP contribution in [-0.4, -0.2) is 26.3 Å². The maximum Gasteiger partial charge on any atom is 0.416 e. The fraction of sp³-hybridized carbons (Fsp3) is 0.235. The minimum Gasteiger partial charge on any atom is -0.337 e. The lowest BCUT2D eigenvalue weighted by Gasteiger charge is -2.19. The highest BCUT2D eigenvalue weighted by molar-refractivity contribution is 7.89. The van der Waals surface area contributed by atoms with Crippen LogP contribution in [-0.2, 0) is 22.7 Å². The number of halogens is 3. The number of rotatable bonds is 4. The van der Waals surface area contributed by atoms with Crippen LogP contribution in [0.3, 0.4) is 0 Å². The van der Waals surface area contributed by atoms with Gasteiger partial charge in [-0.25, -0.2) is 13.6 Å². The average molecular weight is 386 g/mol. The Balaban J connectivity index is 2.22. The maximum absolute atomic E-state index is 12.6. The third kappa shape index (κ3) is 4.61. The molecule has 0 radical (unpaired) electrons. The number of sulfonamides is 1. The van der Waals surface area contributed by atoms with Crippen LogP contribution < -0.4 is 5.14 Å². The number of carbonyl (C=O) groups is 1. The number of aryl methyl sites for hydroxylation is 1. The minimum absolute atomic E-state index is 0.0655. The molecule has 0 aliphatic carbocycles. The molecule has 0 fully saturated rings. The Kier molecular flexibility index (Phi) is 5.43. The summed E-state index contributed by atoms with van der Waals surface area (Å²) in [5.41, 5.74) is 0.452. The molecule has 5 nitrogen and oxygen atoms in total. The van der Waals surface area contributed by atoms with Crippen molar-refractivity contribution in [2.75, 3.05) is 7.05 Å². The van der Waals surface area contributed by atoms with E-state index in [0.717, 1.165) is 12.1 Å². The standard InChI is InChI=1S/C17H17F3N2O3S/c1-11-3-8-14(26(21,24)25)9-15(11)16(23)22(2)10-12-4-6-13(7-5-12)17(18,19)20/h3-9H,10H2,1-2H3,(H2,21,24,25). The topological polar surface area (TPSA) is 80.5 Å². The number of hydrogen-bond donors (Lipinski definition) is 1. The molecule has 0 aromatic heterocycles. The Labute approximate surface area is 149 Å². The second-order valence-corrected chi connectivity index (χ2v) is 7.44. The number of nitrogens with zero attached hydrogens (tertiary/aromatic N) is 1. The van der Waals surface area contributed by atoms with Crippen LogP contribution in [0.5, 0.6) is 0 Å². The number of primary sulfonamides is 1. The molecule has 0 bridgehead atoms. The van der Waals surface area contributed by atoms with Crippen LogP contribution in [0.25, 0.3) is 0 Å². The first kappa shape index (κ1) is 19.9. The molecule has 140 valence electrons. The van der Waals surface area contributed by atoms with Gasteiger partial charge in [-0.2, -0.15) is 13.2 Å². The molecule has 0 heterocycles. The van der Waals surface area contributed by atoms with Crippen LogP contribution in [0.15, 0.2) is 47.4 Å². The number of hydrogen-bond acceptors (Lipinski definition) is 3. The number of amides is 1. The second kappa shape index (κ2) is 7.08. The number of nitrogens with two attached hydrogens (primary N) is 1. The summed E-state index contributed by atoms with van der Waals surface area (Å²) < 4.78 is 60.7. The lowest BCUT2D eigenvalue weighted by Crippen LogP contribution is -2.27. The summed E-state index contributed by atoms with van der Waals surface area (Å²) >= 11 is 0. The van der Waals surface area contributed by atoms with E-state index in [1.165, 1.54) is 42.3 Å². The zero-order valence-corrected chi connectivity index (χ0v) is 14.9. The van der Waals surface area contributed by atoms with Crippen molar-refractivity contribution in [1.82, 2.24) is 4.90 Å². The molecule has 2 N–H and O–H groups in total. The monoisotopic (exact) mass is 386 g/mol. The van der Waals surface area contributed by atoms with Crippen LogP contribution in [0, 0.1) is 6.92 Å². The predicted molar refractivity (Wildman–Crippen MR) is 89.8 cm³/mol. The Morgan fingerprint density at radius 2 is 1.69 bits per heavy atom. The van der Waals surface area contributed by atoms with Crippen molar-refractivity contribution in [1.29, 1.82) is 0 Å². The normalized spacial score (nSPS) is 12.1. The molecule has 0 spiro atoms. The van der Waals surface area contributed by atoms with Gasteiger partial charge >= 0.3 is 6.18 Å². The molecular weight excluding hydrogens is 369 g/mol. The predicted octanol–water partition coefficient (Wildman–Crippen LogP) is 2.93. The number of carbonyl (C=O) groups excluding carboxylic acids is 1. The number of benzene rings is 2. The zero-order chi connectivity index (χ0) is 19.7. The Bertz CT molecular complexity index is 923. The fourth-order valence-electron chi connectivity index (χ4n) is 2.36. The van der Waals surface area contributed by atoms with Crippen molar-refractivity contribution in [2.24, 2.45) is 5.14 Å². The highest BCUT2D eigenvalue weighted by Crippen LogP contribution is 2.29. The van der Waals surface area contributed by atoms with Crippen molar-refractivity contribution in [2.45, 2.75) is 24.5 Å². The first-order chi connectivity index (χ1) is 11.9. The van der Waals surface area contributed by atoms with E-state index in [-0.39, 0.29) is 17.0 Å². The first-order valence-corrected chi connectivity index (χ1v) is 8.99. The summed E-state index contributed by atoms with van der Waals surface area (Å²) in [7, 11) is -2.48. The molecule has 0 saturated carbocycles. The summed E-state index contributed by atoms with van der Waals surface area (Å²) in [6, 6.07) is 8.44. The van der Waals surface area contributed by atoms with E-state index in [1.54, 1.807) is 6.92 Å². The van der Waals surface area contributed by atoms with Crippen molar-refractivity contribution < 1.29 is 26.4 Å². The van der Waals surface area contributed by atoms with Gasteiger partial charge in [0.15, 0.2) is 0 Å². The van der Waals surface area contributed by atoms with Gasteiger partial charge in [-0.3, -0.25) is 4.79 Å². The van der Waals surface area contributed by atoms with Gasteiger partial charge in [0.2, 0.25) is 10.0 Å². The van der Waals surface area contributed by atoms with Gasteiger partial charge < -0.3 is 4.90 Å². The lowest BCUT2D eigenvalue weighted by atomic mass is 10.1. The highest BCUT2D eigenvalue weighted by atomic mass is 32.2. The van der Waals surface area contributed by atoms with Crippen LogP contribution in [0.2, 0.25) is 0 Å². The molecule has 0 atom stereocenters. The fourth-order valence-corrected chi connectivity index (χ4v) is 2.90. The van der Waals surface area contributed by atoms with Gasteiger partial charge in [-0.15, -0.1) is 0 Å². The maximum atomic E-state index is 12.6. The molecule has 26 heavy (non-hydrogen) atoms. The molecule has 9 heteroatoms. The van der Waals surface area contributed by atoms with E-state index >= 15 is 0 Å². The second-order valence-electron chi connectivity index (χ2n) is 5.88. The third-order valence-corrected chi connectivity index (χ3v) is 4.73. The van der Waals surface area contributed by atoms with Crippen LogP contribution in [0.1, 0.15) is 27.0 Å². The summed E-state index contributed by atoms with van der Waals surface area (Å²) in [6.07, 6.45) is -4.43. The first-order valence-electron chi connectivity index (χ1n) is 7.44. The summed E-state index contributed by atoms with van der Waals surface area (Å²) in [4.78, 5) is 13.7. The lowest BCUT2D eigenvalue weighted by molar-refractivity contribution is -0.137. The molecule has 0 aliphatic heterocycles. The quantitative estimate of drug-likeness (QED) is 0.877. The molecule has 1 amide bonds. The Morgan fingerprint density at radius 1 is 1.12 bits per heavy atom. The summed E-state index contributed by atoms with van der Waals surface area (Å²) in [6.45, 7) is 1.71. The molecular formula is C17H17F3N2O3S. The Hall–Kier alpha value is -2.39. The van der Waals surface area contributed by atoms with E-state index in [4.69, 9.17) is 5.14 Å². The molecule has 2 rings (SSSR count). The molecule has 0 aliphatic rings. The molecule has 2 aromatic carbocycles.